The largest absolute Gasteiger partial charge is 0.478 e. The summed E-state index contributed by atoms with van der Waals surface area (Å²) in [6.07, 6.45) is 1.34. The number of nitrogens with zero attached hydrogens (tertiary/aromatic N) is 1. The Hall–Kier alpha value is -1.13. The van der Waals surface area contributed by atoms with E-state index in [0.717, 1.165) is 5.69 Å². The fourth-order valence-electron chi connectivity index (χ4n) is 2.15. The van der Waals surface area contributed by atoms with Crippen LogP contribution in [0.1, 0.15) is 41.2 Å². The average molecular weight is 270 g/mol. The Morgan fingerprint density at radius 2 is 2.28 bits per heavy atom. The monoisotopic (exact) mass is 269 g/mol. The molecule has 0 aromatic carbocycles. The Labute approximate surface area is 111 Å². The van der Waals surface area contributed by atoms with Crippen molar-refractivity contribution in [1.29, 1.82) is 0 Å². The molecule has 1 aliphatic heterocycles. The molecule has 98 valence electrons. The third-order valence-corrected chi connectivity index (χ3v) is 3.35. The average Bonchev–Trinajstić information content (AvgIpc) is 2.29. The second-order valence-electron chi connectivity index (χ2n) is 4.88. The lowest BCUT2D eigenvalue weighted by Crippen LogP contribution is -2.19. The summed E-state index contributed by atoms with van der Waals surface area (Å²) < 4.78 is 5.30. The highest BCUT2D eigenvalue weighted by atomic mass is 35.5. The Morgan fingerprint density at radius 1 is 1.56 bits per heavy atom. The van der Waals surface area contributed by atoms with Gasteiger partial charge in [0, 0.05) is 17.7 Å². The molecule has 0 bridgehead atoms. The zero-order valence-corrected chi connectivity index (χ0v) is 11.3. The van der Waals surface area contributed by atoms with Crippen molar-refractivity contribution in [1.82, 2.24) is 4.98 Å². The number of carboxylic acids is 1. The topological polar surface area (TPSA) is 59.4 Å². The molecule has 0 saturated heterocycles. The second-order valence-corrected chi connectivity index (χ2v) is 5.26. The summed E-state index contributed by atoms with van der Waals surface area (Å²) >= 11 is 6.19. The van der Waals surface area contributed by atoms with Crippen molar-refractivity contribution in [3.05, 3.63) is 27.5 Å². The summed E-state index contributed by atoms with van der Waals surface area (Å²) in [4.78, 5) is 15.9. The van der Waals surface area contributed by atoms with Gasteiger partial charge in [0.05, 0.1) is 29.5 Å². The van der Waals surface area contributed by atoms with Gasteiger partial charge in [0.1, 0.15) is 0 Å². The quantitative estimate of drug-likeness (QED) is 0.917. The van der Waals surface area contributed by atoms with Gasteiger partial charge in [-0.3, -0.25) is 4.98 Å². The van der Waals surface area contributed by atoms with Gasteiger partial charge >= 0.3 is 5.97 Å². The summed E-state index contributed by atoms with van der Waals surface area (Å²) in [5.41, 5.74) is 2.30. The van der Waals surface area contributed by atoms with Crippen molar-refractivity contribution < 1.29 is 14.6 Å². The van der Waals surface area contributed by atoms with Gasteiger partial charge < -0.3 is 9.84 Å². The molecular weight excluding hydrogens is 254 g/mol. The van der Waals surface area contributed by atoms with E-state index in [2.05, 4.69) is 18.8 Å². The first-order valence-electron chi connectivity index (χ1n) is 6.01. The third-order valence-electron chi connectivity index (χ3n) is 2.94. The first kappa shape index (κ1) is 13.3. The Balaban J connectivity index is 2.57. The van der Waals surface area contributed by atoms with Crippen molar-refractivity contribution in [2.75, 3.05) is 6.61 Å². The summed E-state index contributed by atoms with van der Waals surface area (Å²) in [5, 5.41) is 9.58. The molecule has 0 spiro atoms. The molecule has 0 radical (unpaired) electrons. The summed E-state index contributed by atoms with van der Waals surface area (Å²) in [5.74, 6) is -0.622. The minimum atomic E-state index is -1.01. The van der Waals surface area contributed by atoms with Gasteiger partial charge in [-0.1, -0.05) is 25.4 Å². The summed E-state index contributed by atoms with van der Waals surface area (Å²) in [6.45, 7) is 4.98. The van der Waals surface area contributed by atoms with Crippen molar-refractivity contribution in [2.45, 2.75) is 33.3 Å². The molecule has 5 heteroatoms. The predicted molar refractivity (Wildman–Crippen MR) is 68.1 cm³/mol. The molecule has 2 rings (SSSR count). The normalized spacial score (nSPS) is 14.7. The lowest BCUT2D eigenvalue weighted by molar-refractivity contribution is 0.0680. The van der Waals surface area contributed by atoms with Gasteiger partial charge in [-0.15, -0.1) is 0 Å². The number of aromatic carboxylic acids is 1. The molecule has 2 heterocycles. The van der Waals surface area contributed by atoms with Crippen LogP contribution in [-0.4, -0.2) is 22.7 Å². The van der Waals surface area contributed by atoms with Crippen LogP contribution in [0.15, 0.2) is 0 Å². The first-order chi connectivity index (χ1) is 8.50. The minimum Gasteiger partial charge on any atom is -0.478 e. The maximum atomic E-state index is 11.4. The van der Waals surface area contributed by atoms with Gasteiger partial charge in [-0.25, -0.2) is 4.79 Å². The number of fused-ring (bicyclic) bond motifs is 1. The molecule has 0 amide bonds. The van der Waals surface area contributed by atoms with Crippen LogP contribution in [0.5, 0.6) is 0 Å². The van der Waals surface area contributed by atoms with E-state index in [1.54, 1.807) is 0 Å². The van der Waals surface area contributed by atoms with Gasteiger partial charge in [-0.05, 0) is 12.3 Å². The number of hydrogen-bond acceptors (Lipinski definition) is 3. The van der Waals surface area contributed by atoms with E-state index in [1.165, 1.54) is 0 Å². The Kier molecular flexibility index (Phi) is 3.88. The summed E-state index contributed by atoms with van der Waals surface area (Å²) in [7, 11) is 0. The molecule has 0 saturated carbocycles. The van der Waals surface area contributed by atoms with Gasteiger partial charge in [0.25, 0.3) is 0 Å². The molecule has 1 aromatic heterocycles. The number of halogens is 1. The first-order valence-corrected chi connectivity index (χ1v) is 6.39. The number of carboxylic acid groups (broad SMARTS) is 1. The van der Waals surface area contributed by atoms with Gasteiger partial charge in [-0.2, -0.15) is 0 Å². The molecular formula is C13H16ClNO3. The van der Waals surface area contributed by atoms with Crippen molar-refractivity contribution in [3.63, 3.8) is 0 Å². The zero-order valence-electron chi connectivity index (χ0n) is 10.5. The molecule has 0 atom stereocenters. The van der Waals surface area contributed by atoms with Crippen molar-refractivity contribution in [3.8, 4) is 0 Å². The summed E-state index contributed by atoms with van der Waals surface area (Å²) in [6, 6.07) is 0. The maximum absolute atomic E-state index is 11.4. The van der Waals surface area contributed by atoms with Crippen molar-refractivity contribution >= 4 is 17.6 Å². The van der Waals surface area contributed by atoms with Crippen LogP contribution < -0.4 is 0 Å². The number of aromatic nitrogens is 1. The molecule has 1 N–H and O–H groups in total. The molecule has 4 nitrogen and oxygen atoms in total. The number of rotatable bonds is 3. The Bertz CT molecular complexity index is 486. The SMILES string of the molecule is CC(C)Cc1nc2c(c(C(=O)O)c1Cl)COCC2. The van der Waals surface area contributed by atoms with Gasteiger partial charge in [0.2, 0.25) is 0 Å². The molecule has 0 fully saturated rings. The lowest BCUT2D eigenvalue weighted by atomic mass is 9.99. The van der Waals surface area contributed by atoms with E-state index in [4.69, 9.17) is 16.3 Å². The third kappa shape index (κ3) is 2.49. The standard InChI is InChI=1S/C13H16ClNO3/c1-7(2)5-10-12(14)11(13(16)17)8-6-18-4-3-9(8)15-10/h7H,3-6H2,1-2H3,(H,16,17). The van der Waals surface area contributed by atoms with Crippen molar-refractivity contribution in [2.24, 2.45) is 5.92 Å². The van der Waals surface area contributed by atoms with E-state index in [-0.39, 0.29) is 17.2 Å². The van der Waals surface area contributed by atoms with Crippen LogP contribution in [-0.2, 0) is 24.2 Å². The number of pyridine rings is 1. The molecule has 0 unspecified atom stereocenters. The number of ether oxygens (including phenoxy) is 1. The van der Waals surface area contributed by atoms with E-state index in [0.29, 0.717) is 36.6 Å². The number of hydrogen-bond donors (Lipinski definition) is 1. The minimum absolute atomic E-state index is 0.164. The molecule has 18 heavy (non-hydrogen) atoms. The highest BCUT2D eigenvalue weighted by Crippen LogP contribution is 2.30. The predicted octanol–water partition coefficient (Wildman–Crippen LogP) is 2.70. The van der Waals surface area contributed by atoms with E-state index in [9.17, 15) is 9.90 Å². The fraction of sp³-hybridized carbons (Fsp3) is 0.538. The zero-order chi connectivity index (χ0) is 13.3. The highest BCUT2D eigenvalue weighted by Gasteiger charge is 2.25. The second kappa shape index (κ2) is 5.24. The molecule has 1 aliphatic rings. The maximum Gasteiger partial charge on any atom is 0.337 e. The van der Waals surface area contributed by atoms with E-state index in [1.807, 2.05) is 0 Å². The lowest BCUT2D eigenvalue weighted by Gasteiger charge is -2.20. The molecule has 0 aliphatic carbocycles. The van der Waals surface area contributed by atoms with E-state index >= 15 is 0 Å². The van der Waals surface area contributed by atoms with Crippen LogP contribution in [0.3, 0.4) is 0 Å². The van der Waals surface area contributed by atoms with E-state index < -0.39 is 5.97 Å². The van der Waals surface area contributed by atoms with Crippen LogP contribution in [0.25, 0.3) is 0 Å². The van der Waals surface area contributed by atoms with Gasteiger partial charge in [0.15, 0.2) is 0 Å². The van der Waals surface area contributed by atoms with Crippen LogP contribution >= 0.6 is 11.6 Å². The van der Waals surface area contributed by atoms with Crippen LogP contribution in [0, 0.1) is 5.92 Å². The smallest absolute Gasteiger partial charge is 0.337 e. The number of carbonyl (C=O) groups is 1. The fourth-order valence-corrected chi connectivity index (χ4v) is 2.47. The Morgan fingerprint density at radius 3 is 2.89 bits per heavy atom. The highest BCUT2D eigenvalue weighted by molar-refractivity contribution is 6.34. The van der Waals surface area contributed by atoms with Crippen LogP contribution in [0.4, 0.5) is 0 Å². The van der Waals surface area contributed by atoms with Crippen LogP contribution in [0.2, 0.25) is 5.02 Å². The molecule has 1 aromatic rings.